The molecular formula is C23H30ClN3O. The molecule has 4 nitrogen and oxygen atoms in total. The van der Waals surface area contributed by atoms with E-state index in [1.165, 1.54) is 11.1 Å². The van der Waals surface area contributed by atoms with Gasteiger partial charge in [0.05, 0.1) is 10.7 Å². The number of hydrogen-bond acceptors (Lipinski definition) is 2. The number of benzene rings is 2. The normalized spacial score (nSPS) is 15.5. The molecule has 2 aromatic carbocycles. The van der Waals surface area contributed by atoms with Crippen molar-refractivity contribution in [2.24, 2.45) is 0 Å². The third-order valence-electron chi connectivity index (χ3n) is 5.25. The minimum Gasteiger partial charge on any atom is -0.322 e. The molecule has 1 N–H and O–H groups in total. The maximum absolute atomic E-state index is 12.5. The fraction of sp³-hybridized carbons (Fsp3) is 0.435. The lowest BCUT2D eigenvalue weighted by molar-refractivity contribution is 0.143. The molecule has 0 saturated carbocycles. The average Bonchev–Trinajstić information content (AvgIpc) is 2.64. The van der Waals surface area contributed by atoms with Crippen LogP contribution in [-0.4, -0.2) is 42.0 Å². The number of nitrogens with one attached hydrogen (secondary N) is 1. The highest BCUT2D eigenvalue weighted by molar-refractivity contribution is 6.33. The second-order valence-corrected chi connectivity index (χ2v) is 9.03. The molecule has 1 fully saturated rings. The zero-order chi connectivity index (χ0) is 20.3. The van der Waals surface area contributed by atoms with E-state index >= 15 is 0 Å². The minimum atomic E-state index is -0.0834. The highest BCUT2D eigenvalue weighted by Crippen LogP contribution is 2.24. The number of hydrogen-bond donors (Lipinski definition) is 1. The number of aryl methyl sites for hydroxylation is 1. The number of nitrogens with zero attached hydrogens (tertiary/aromatic N) is 2. The molecule has 1 saturated heterocycles. The number of carbonyl (C=O) groups excluding carboxylic acids is 1. The first-order valence-electron chi connectivity index (χ1n) is 9.86. The number of carbonyl (C=O) groups is 1. The monoisotopic (exact) mass is 399 g/mol. The highest BCUT2D eigenvalue weighted by Gasteiger charge is 2.22. The first kappa shape index (κ1) is 20.7. The number of piperazine rings is 1. The van der Waals surface area contributed by atoms with Crippen molar-refractivity contribution in [3.63, 3.8) is 0 Å². The summed E-state index contributed by atoms with van der Waals surface area (Å²) in [5.74, 6) is 0. The molecule has 1 aliphatic rings. The first-order valence-corrected chi connectivity index (χ1v) is 10.2. The summed E-state index contributed by atoms with van der Waals surface area (Å²) in [5.41, 5.74) is 4.59. The van der Waals surface area contributed by atoms with E-state index in [-0.39, 0.29) is 11.4 Å². The Kier molecular flexibility index (Phi) is 6.31. The van der Waals surface area contributed by atoms with Crippen molar-refractivity contribution in [3.05, 3.63) is 64.2 Å². The molecule has 3 rings (SSSR count). The van der Waals surface area contributed by atoms with Crippen LogP contribution >= 0.6 is 11.6 Å². The summed E-state index contributed by atoms with van der Waals surface area (Å²) in [6.45, 7) is 12.8. The Balaban J connectivity index is 1.50. The second kappa shape index (κ2) is 8.54. The standard InChI is InChI=1S/C23H30ClN3O/c1-17-5-10-21(20(24)15-17)25-22(28)27-13-11-26(12-14-27)16-18-6-8-19(9-7-18)23(2,3)4/h5-10,15H,11-14,16H2,1-4H3,(H,25,28). The molecule has 28 heavy (non-hydrogen) atoms. The van der Waals surface area contributed by atoms with Gasteiger partial charge in [-0.1, -0.05) is 62.7 Å². The Morgan fingerprint density at radius 2 is 1.68 bits per heavy atom. The molecule has 1 aliphatic heterocycles. The first-order chi connectivity index (χ1) is 13.2. The number of anilines is 1. The Morgan fingerprint density at radius 1 is 1.04 bits per heavy atom. The van der Waals surface area contributed by atoms with Gasteiger partial charge in [-0.05, 0) is 41.2 Å². The zero-order valence-corrected chi connectivity index (χ0v) is 18.0. The second-order valence-electron chi connectivity index (χ2n) is 8.62. The minimum absolute atomic E-state index is 0.0834. The topological polar surface area (TPSA) is 35.6 Å². The molecule has 2 aromatic rings. The van der Waals surface area contributed by atoms with Crippen LogP contribution in [0, 0.1) is 6.92 Å². The van der Waals surface area contributed by atoms with Crippen LogP contribution in [0.1, 0.15) is 37.5 Å². The molecular weight excluding hydrogens is 370 g/mol. The van der Waals surface area contributed by atoms with Crippen LogP contribution in [-0.2, 0) is 12.0 Å². The lowest BCUT2D eigenvalue weighted by Crippen LogP contribution is -2.49. The van der Waals surface area contributed by atoms with Gasteiger partial charge in [0.25, 0.3) is 0 Å². The van der Waals surface area contributed by atoms with Gasteiger partial charge in [-0.2, -0.15) is 0 Å². The Hall–Kier alpha value is -2.04. The summed E-state index contributed by atoms with van der Waals surface area (Å²) in [6.07, 6.45) is 0. The van der Waals surface area contributed by atoms with E-state index in [1.54, 1.807) is 0 Å². The van der Waals surface area contributed by atoms with Crippen molar-refractivity contribution in [2.45, 2.75) is 39.7 Å². The van der Waals surface area contributed by atoms with E-state index < -0.39 is 0 Å². The number of halogens is 1. The summed E-state index contributed by atoms with van der Waals surface area (Å²) < 4.78 is 0. The number of urea groups is 1. The highest BCUT2D eigenvalue weighted by atomic mass is 35.5. The van der Waals surface area contributed by atoms with Gasteiger partial charge < -0.3 is 10.2 Å². The third kappa shape index (κ3) is 5.27. The maximum atomic E-state index is 12.5. The zero-order valence-electron chi connectivity index (χ0n) is 17.3. The molecule has 0 spiro atoms. The summed E-state index contributed by atoms with van der Waals surface area (Å²) in [4.78, 5) is 16.8. The molecule has 2 amide bonds. The van der Waals surface area contributed by atoms with Crippen LogP contribution in [0.4, 0.5) is 10.5 Å². The van der Waals surface area contributed by atoms with E-state index in [9.17, 15) is 4.79 Å². The van der Waals surface area contributed by atoms with Crippen LogP contribution in [0.5, 0.6) is 0 Å². The average molecular weight is 400 g/mol. The van der Waals surface area contributed by atoms with Gasteiger partial charge >= 0.3 is 6.03 Å². The van der Waals surface area contributed by atoms with Gasteiger partial charge in [0.15, 0.2) is 0 Å². The van der Waals surface area contributed by atoms with Gasteiger partial charge in [0, 0.05) is 32.7 Å². The lowest BCUT2D eigenvalue weighted by atomic mass is 9.87. The van der Waals surface area contributed by atoms with Crippen LogP contribution in [0.2, 0.25) is 5.02 Å². The van der Waals surface area contributed by atoms with Gasteiger partial charge in [0.2, 0.25) is 0 Å². The van der Waals surface area contributed by atoms with Crippen molar-refractivity contribution in [3.8, 4) is 0 Å². The molecule has 0 atom stereocenters. The summed E-state index contributed by atoms with van der Waals surface area (Å²) >= 11 is 6.22. The SMILES string of the molecule is Cc1ccc(NC(=O)N2CCN(Cc3ccc(C(C)(C)C)cc3)CC2)c(Cl)c1. The van der Waals surface area contributed by atoms with Crippen molar-refractivity contribution in [1.29, 1.82) is 0 Å². The maximum Gasteiger partial charge on any atom is 0.321 e. The summed E-state index contributed by atoms with van der Waals surface area (Å²) in [5, 5.41) is 3.50. The molecule has 0 aromatic heterocycles. The van der Waals surface area contributed by atoms with Crippen molar-refractivity contribution in [1.82, 2.24) is 9.80 Å². The quantitative estimate of drug-likeness (QED) is 0.760. The van der Waals surface area contributed by atoms with Crippen molar-refractivity contribution >= 4 is 23.3 Å². The fourth-order valence-electron chi connectivity index (χ4n) is 3.39. The van der Waals surface area contributed by atoms with Crippen LogP contribution in [0.15, 0.2) is 42.5 Å². The van der Waals surface area contributed by atoms with Crippen LogP contribution in [0.25, 0.3) is 0 Å². The lowest BCUT2D eigenvalue weighted by Gasteiger charge is -2.34. The predicted molar refractivity (Wildman–Crippen MR) is 117 cm³/mol. The van der Waals surface area contributed by atoms with Gasteiger partial charge in [-0.25, -0.2) is 4.79 Å². The Bertz CT molecular complexity index is 819. The van der Waals surface area contributed by atoms with Crippen molar-refractivity contribution < 1.29 is 4.79 Å². The fourth-order valence-corrected chi connectivity index (χ4v) is 3.68. The molecule has 150 valence electrons. The smallest absolute Gasteiger partial charge is 0.321 e. The van der Waals surface area contributed by atoms with Crippen molar-refractivity contribution in [2.75, 3.05) is 31.5 Å². The number of rotatable bonds is 3. The van der Waals surface area contributed by atoms with E-state index in [2.05, 4.69) is 55.3 Å². The predicted octanol–water partition coefficient (Wildman–Crippen LogP) is 5.30. The van der Waals surface area contributed by atoms with Gasteiger partial charge in [0.1, 0.15) is 0 Å². The largest absolute Gasteiger partial charge is 0.322 e. The molecule has 0 bridgehead atoms. The van der Waals surface area contributed by atoms with E-state index in [1.807, 2.05) is 30.0 Å². The Labute approximate surface area is 173 Å². The van der Waals surface area contributed by atoms with Crippen LogP contribution in [0.3, 0.4) is 0 Å². The summed E-state index contributed by atoms with van der Waals surface area (Å²) in [6, 6.07) is 14.5. The van der Waals surface area contributed by atoms with E-state index in [0.29, 0.717) is 10.7 Å². The Morgan fingerprint density at radius 3 is 2.25 bits per heavy atom. The molecule has 5 heteroatoms. The van der Waals surface area contributed by atoms with Crippen LogP contribution < -0.4 is 5.32 Å². The van der Waals surface area contributed by atoms with E-state index in [4.69, 9.17) is 11.6 Å². The third-order valence-corrected chi connectivity index (χ3v) is 5.56. The van der Waals surface area contributed by atoms with Gasteiger partial charge in [-0.15, -0.1) is 0 Å². The van der Waals surface area contributed by atoms with Gasteiger partial charge in [-0.3, -0.25) is 4.90 Å². The molecule has 0 unspecified atom stereocenters. The molecule has 1 heterocycles. The number of amides is 2. The van der Waals surface area contributed by atoms with E-state index in [0.717, 1.165) is 38.3 Å². The molecule has 0 aliphatic carbocycles. The molecule has 0 radical (unpaired) electrons. The summed E-state index contributed by atoms with van der Waals surface area (Å²) in [7, 11) is 0.